The van der Waals surface area contributed by atoms with E-state index in [1.165, 1.54) is 67.9 Å². The largest absolute Gasteiger partial charge is 2.00 e. The fourth-order valence-corrected chi connectivity index (χ4v) is 7.25. The van der Waals surface area contributed by atoms with Crippen LogP contribution in [0.25, 0.3) is 48.4 Å². The third-order valence-corrected chi connectivity index (χ3v) is 12.7. The third kappa shape index (κ3) is 122. The summed E-state index contributed by atoms with van der Waals surface area (Å²) in [6.45, 7) is 7.41. The van der Waals surface area contributed by atoms with Crippen LogP contribution in [0.5, 0.6) is 5.75 Å². The molecule has 0 aliphatic heterocycles. The quantitative estimate of drug-likeness (QED) is 0.00871. The number of nitrogens with one attached hydrogen (secondary N) is 2. The van der Waals surface area contributed by atoms with Gasteiger partial charge in [-0.15, -0.1) is 0 Å². The molecule has 0 bridgehead atoms. The van der Waals surface area contributed by atoms with Crippen LogP contribution in [0.15, 0.2) is 115 Å². The van der Waals surface area contributed by atoms with Gasteiger partial charge in [0.15, 0.2) is 0 Å². The maximum atomic E-state index is 10.6. The molecule has 111 heavy (non-hydrogen) atoms. The van der Waals surface area contributed by atoms with Crippen LogP contribution in [0, 0.1) is 5.92 Å². The van der Waals surface area contributed by atoms with Gasteiger partial charge in [-0.1, -0.05) is 235 Å². The van der Waals surface area contributed by atoms with Gasteiger partial charge in [0.25, 0.3) is 0 Å². The summed E-state index contributed by atoms with van der Waals surface area (Å²) >= 11 is 17.7. The number of aliphatic carboxylic acids is 9. The van der Waals surface area contributed by atoms with E-state index in [-0.39, 0.29) is 107 Å². The maximum absolute atomic E-state index is 10.6. The Balaban J connectivity index is -0.0000000702. The molecule has 4 aromatic rings. The molecule has 0 radical (unpaired) electrons. The molecule has 1 aliphatic rings. The van der Waals surface area contributed by atoms with Crippen LogP contribution in [-0.2, 0) is 138 Å². The molecular formula is C67H106Cl10N8O22Pt4. The number of carbonyl (C=O) groups is 11. The van der Waals surface area contributed by atoms with E-state index in [2.05, 4.69) is 11.7 Å². The van der Waals surface area contributed by atoms with Gasteiger partial charge in [-0.25, -0.2) is 24.0 Å². The van der Waals surface area contributed by atoms with E-state index in [1.54, 1.807) is 12.1 Å². The van der Waals surface area contributed by atoms with Crippen molar-refractivity contribution in [2.45, 2.75) is 197 Å². The van der Waals surface area contributed by atoms with Crippen molar-refractivity contribution in [3.63, 3.8) is 0 Å². The summed E-state index contributed by atoms with van der Waals surface area (Å²) in [6, 6.07) is 35.6. The van der Waals surface area contributed by atoms with Gasteiger partial charge in [-0.3, -0.25) is 28.8 Å². The minimum absolute atomic E-state index is 0. The average molecular weight is 2510 g/mol. The summed E-state index contributed by atoms with van der Waals surface area (Å²) in [5, 5.41) is 81.0. The Morgan fingerprint density at radius 1 is 0.405 bits per heavy atom. The number of esters is 1. The molecule has 2 unspecified atom stereocenters. The van der Waals surface area contributed by atoms with E-state index in [1.807, 2.05) is 105 Å². The van der Waals surface area contributed by atoms with E-state index in [0.717, 1.165) is 89.9 Å². The number of aryl methyl sites for hydroxylation is 3. The van der Waals surface area contributed by atoms with Crippen molar-refractivity contribution in [3.05, 3.63) is 186 Å². The van der Waals surface area contributed by atoms with Crippen LogP contribution in [-0.4, -0.2) is 138 Å². The van der Waals surface area contributed by atoms with Crippen LogP contribution in [0.3, 0.4) is 0 Å². The first-order valence-electron chi connectivity index (χ1n) is 31.0. The fraction of sp³-hybridized carbons (Fsp3) is 0.478. The number of rotatable bonds is 27. The van der Waals surface area contributed by atoms with E-state index < -0.39 is 125 Å². The molecule has 2 atom stereocenters. The van der Waals surface area contributed by atoms with Crippen molar-refractivity contribution in [1.82, 2.24) is 0 Å². The average Bonchev–Trinajstić information content (AvgIpc) is 0.872. The standard InChI is InChI=1S/3C10H12O2.C9H8O4.2C8H16O2.C6H12N2.2C2H2Cl2O2.C2H2O4.6ClH.6H2N.4Pt/c3*11-10(12)8-4-7-9-5-2-1-3-6-9;1-6(10)13-8-5-3-2-4-7(8)9(11)12;1-3-5-7(6-4-2)8(9)10;1-2-3-4-5-6-7-8(9)10;7-5-3-1-2-4-6(5)8;3*3-1(4)2(5)6;;;;;;;;;;;;;;;;/h3*1-3,5-6H,4,7-8H2,(H,11,12);2-5H,1H3,(H,11,12);7H,3-6H2,1-2H3,(H,9,10);2-7H2,1H3,(H,9,10);5-8H,1-4H2;2*1H,(H,5,6);(H,3,4)(H,5,6);6*1H;6*1H2;;;;/q;;;;;;-2;;;;;;;;;;6*-1;+2;3*+4/p-6. The molecule has 1 saturated carbocycles. The number of unbranched alkanes of at least 4 members (excludes halogenated alkanes) is 4. The Morgan fingerprint density at radius 2 is 0.658 bits per heavy atom. The second-order valence-electron chi connectivity index (χ2n) is 20.3. The van der Waals surface area contributed by atoms with Crippen LogP contribution in [0.4, 0.5) is 0 Å². The first-order valence-corrected chi connectivity index (χ1v) is 49.7. The molecule has 0 saturated heterocycles. The van der Waals surface area contributed by atoms with Crippen molar-refractivity contribution < 1.29 is 179 Å². The molecule has 0 amide bonds. The van der Waals surface area contributed by atoms with Gasteiger partial charge in [0.2, 0.25) is 9.67 Å². The smallest absolute Gasteiger partial charge is 0.693 e. The Kier molecular flexibility index (Phi) is 136. The number of carboxylic acids is 10. The van der Waals surface area contributed by atoms with E-state index in [4.69, 9.17) is 175 Å². The summed E-state index contributed by atoms with van der Waals surface area (Å²) in [7, 11) is 29.2. The Labute approximate surface area is 735 Å². The molecular weight excluding hydrogens is 2400 g/mol. The molecule has 1 fully saturated rings. The Hall–Kier alpha value is -3.62. The first-order chi connectivity index (χ1) is 48.9. The van der Waals surface area contributed by atoms with Gasteiger partial charge in [-0.05, 0) is 86.6 Å². The zero-order chi connectivity index (χ0) is 81.7. The molecule has 44 heteroatoms. The number of benzene rings is 4. The Bertz CT molecular complexity index is 2660. The fourth-order valence-electron chi connectivity index (χ4n) is 7.25. The Morgan fingerprint density at radius 3 is 0.865 bits per heavy atom. The van der Waals surface area contributed by atoms with Crippen molar-refractivity contribution in [1.29, 1.82) is 0 Å². The number of para-hydroxylation sites is 1. The number of halogens is 10. The van der Waals surface area contributed by atoms with Crippen LogP contribution in [0.1, 0.15) is 183 Å². The van der Waals surface area contributed by atoms with Crippen LogP contribution >= 0.6 is 103 Å². The van der Waals surface area contributed by atoms with Crippen molar-refractivity contribution in [2.24, 2.45) is 5.92 Å². The van der Waals surface area contributed by atoms with Crippen LogP contribution < -0.4 is 4.74 Å². The van der Waals surface area contributed by atoms with Crippen molar-refractivity contribution in [3.8, 4) is 5.75 Å². The zero-order valence-corrected chi connectivity index (χ0v) is 77.6. The predicted molar refractivity (Wildman–Crippen MR) is 431 cm³/mol. The number of hydrogen-bond donors (Lipinski definition) is 10. The molecule has 0 spiro atoms. The maximum Gasteiger partial charge on any atom is 2.00 e. The molecule has 656 valence electrons. The molecule has 1 aliphatic carbocycles. The molecule has 24 N–H and O–H groups in total. The molecule has 0 heterocycles. The minimum atomic E-state index is -1.82. The topological polar surface area (TPSA) is 648 Å². The van der Waals surface area contributed by atoms with Gasteiger partial charge >= 0.3 is 193 Å². The first kappa shape index (κ1) is 142. The molecule has 4 aromatic carbocycles. The molecule has 0 aromatic heterocycles. The minimum Gasteiger partial charge on any atom is -0.693 e. The monoisotopic (exact) mass is 2500 g/mol. The van der Waals surface area contributed by atoms with Gasteiger partial charge < -0.3 is 104 Å². The van der Waals surface area contributed by atoms with Gasteiger partial charge in [0, 0.05) is 32.6 Å². The number of carboxylic acid groups (broad SMARTS) is 10. The van der Waals surface area contributed by atoms with Gasteiger partial charge in [-0.2, -0.15) is 12.1 Å². The number of aromatic carboxylic acids is 1. The summed E-state index contributed by atoms with van der Waals surface area (Å²) in [6.07, 6.45) is 19.2. The van der Waals surface area contributed by atoms with E-state index in [9.17, 15) is 43.2 Å². The zero-order valence-electron chi connectivity index (χ0n) is 61.0. The summed E-state index contributed by atoms with van der Waals surface area (Å²) in [5.74, 6) is -11.2. The second kappa shape index (κ2) is 106. The SMILES string of the molecule is CC(=O)Oc1ccccc1C(=O)O.CCCC(CCC)C(=O)O.CCCCCCCC(=O)O.O=C(O)C(=O)O.O=C(O)C(Cl)Cl.O=C(O)C(Cl)Cl.O=C(O)CCCc1ccccc1.O=C(O)CCCc1ccccc1.O=C(O)CCCc1ccccc1.[Cl][Pt+2][Cl].[Cl][Pt+2][Cl].[Cl][Pt+2][Cl].[NH-]C1CCCCC1[NH-].[NH2-].[NH2-].[NH2-].[NH2-].[NH2-].[NH2-].[Pt+2]. The summed E-state index contributed by atoms with van der Waals surface area (Å²) < 4.78 is 4.69. The number of nitrogens with two attached hydrogens (primary N) is 6. The van der Waals surface area contributed by atoms with E-state index >= 15 is 0 Å². The predicted octanol–water partition coefficient (Wildman–Crippen LogP) is 24.0. The second-order valence-corrected chi connectivity index (χ2v) is 32.3. The number of hydrogen-bond acceptors (Lipinski definition) is 12. The van der Waals surface area contributed by atoms with Gasteiger partial charge in [0.05, 0.1) is 5.92 Å². The number of carbonyl (C=O) groups excluding carboxylic acids is 1. The summed E-state index contributed by atoms with van der Waals surface area (Å²) in [4.78, 5) is 107. The van der Waals surface area contributed by atoms with E-state index in [0.29, 0.717) is 6.42 Å². The van der Waals surface area contributed by atoms with Crippen molar-refractivity contribution in [2.75, 3.05) is 0 Å². The number of ether oxygens (including phenoxy) is 1. The normalized spacial score (nSPS) is 10.9. The van der Waals surface area contributed by atoms with Crippen LogP contribution in [0.2, 0.25) is 0 Å². The third-order valence-electron chi connectivity index (χ3n) is 11.9. The number of alkyl halides is 4. The van der Waals surface area contributed by atoms with Gasteiger partial charge in [0.1, 0.15) is 11.3 Å². The molecule has 30 nitrogen and oxygen atoms in total. The molecule has 5 rings (SSSR count). The van der Waals surface area contributed by atoms with Crippen molar-refractivity contribution >= 4 is 169 Å². The summed E-state index contributed by atoms with van der Waals surface area (Å²) in [5.41, 5.74) is 18.2.